The van der Waals surface area contributed by atoms with Crippen LogP contribution in [0.25, 0.3) is 0 Å². The van der Waals surface area contributed by atoms with E-state index in [1.807, 2.05) is 0 Å². The Hall–Kier alpha value is -0.0800. The van der Waals surface area contributed by atoms with Gasteiger partial charge in [-0.15, -0.1) is 0 Å². The van der Waals surface area contributed by atoms with Gasteiger partial charge in [0.05, 0.1) is 0 Å². The first-order valence-electron chi connectivity index (χ1n) is 6.13. The van der Waals surface area contributed by atoms with Gasteiger partial charge in [0.2, 0.25) is 0 Å². The Morgan fingerprint density at radius 3 is 2.71 bits per heavy atom. The average molecular weight is 198 g/mol. The molecule has 0 aromatic heterocycles. The highest BCUT2D eigenvalue weighted by Crippen LogP contribution is 2.21. The monoisotopic (exact) mass is 198 g/mol. The molecule has 0 amide bonds. The highest BCUT2D eigenvalue weighted by molar-refractivity contribution is 4.78. The molecule has 2 nitrogen and oxygen atoms in total. The fraction of sp³-hybridized carbons (Fsp3) is 1.00. The maximum Gasteiger partial charge on any atom is 0.00816 e. The summed E-state index contributed by atoms with van der Waals surface area (Å²) in [5, 5.41) is 0. The van der Waals surface area contributed by atoms with Crippen LogP contribution in [-0.4, -0.2) is 30.1 Å². The lowest BCUT2D eigenvalue weighted by Crippen LogP contribution is -2.43. The fourth-order valence-corrected chi connectivity index (χ4v) is 2.52. The molecule has 3 unspecified atom stereocenters. The molecule has 1 heterocycles. The molecule has 0 aromatic rings. The highest BCUT2D eigenvalue weighted by Gasteiger charge is 2.22. The van der Waals surface area contributed by atoms with E-state index >= 15 is 0 Å². The van der Waals surface area contributed by atoms with Crippen molar-refractivity contribution in [1.82, 2.24) is 4.90 Å². The number of nitrogens with two attached hydrogens (primary N) is 1. The maximum atomic E-state index is 5.84. The van der Waals surface area contributed by atoms with E-state index in [4.69, 9.17) is 5.73 Å². The number of hydrogen-bond acceptors (Lipinski definition) is 2. The molecule has 0 spiro atoms. The first kappa shape index (κ1) is 12.0. The van der Waals surface area contributed by atoms with Crippen molar-refractivity contribution in [3.05, 3.63) is 0 Å². The van der Waals surface area contributed by atoms with E-state index in [-0.39, 0.29) is 0 Å². The van der Waals surface area contributed by atoms with E-state index in [0.717, 1.165) is 12.3 Å². The molecule has 0 aromatic carbocycles. The second-order valence-corrected chi connectivity index (χ2v) is 4.97. The summed E-state index contributed by atoms with van der Waals surface area (Å²) < 4.78 is 0. The molecule has 2 heteroatoms. The minimum absolute atomic E-state index is 0.340. The van der Waals surface area contributed by atoms with Crippen LogP contribution in [0.5, 0.6) is 0 Å². The second kappa shape index (κ2) is 5.72. The SMILES string of the molecule is CCC1CCCN(C(C)CC(C)N)C1. The molecule has 1 rings (SSSR count). The number of piperidine rings is 1. The first-order valence-corrected chi connectivity index (χ1v) is 6.13. The predicted octanol–water partition coefficient (Wildman–Crippen LogP) is 2.23. The van der Waals surface area contributed by atoms with Crippen LogP contribution in [-0.2, 0) is 0 Å². The number of likely N-dealkylation sites (tertiary alicyclic amines) is 1. The van der Waals surface area contributed by atoms with Crippen LogP contribution in [0.1, 0.15) is 46.5 Å². The molecule has 0 aliphatic carbocycles. The molecule has 0 bridgehead atoms. The Balaban J connectivity index is 2.35. The molecule has 3 atom stereocenters. The molecule has 0 radical (unpaired) electrons. The predicted molar refractivity (Wildman–Crippen MR) is 62.3 cm³/mol. The molecule has 0 saturated carbocycles. The summed E-state index contributed by atoms with van der Waals surface area (Å²) in [6.07, 6.45) is 5.28. The van der Waals surface area contributed by atoms with Gasteiger partial charge in [-0.3, -0.25) is 0 Å². The molecule has 84 valence electrons. The Labute approximate surface area is 88.8 Å². The summed E-state index contributed by atoms with van der Waals surface area (Å²) in [7, 11) is 0. The quantitative estimate of drug-likeness (QED) is 0.750. The van der Waals surface area contributed by atoms with Gasteiger partial charge in [0.1, 0.15) is 0 Å². The van der Waals surface area contributed by atoms with Crippen LogP contribution in [0.15, 0.2) is 0 Å². The first-order chi connectivity index (χ1) is 6.63. The standard InChI is InChI=1S/C12H26N2/c1-4-12-6-5-7-14(9-12)11(3)8-10(2)13/h10-12H,4-9,13H2,1-3H3. The highest BCUT2D eigenvalue weighted by atomic mass is 15.2. The summed E-state index contributed by atoms with van der Waals surface area (Å²) in [5.41, 5.74) is 5.84. The molecule has 14 heavy (non-hydrogen) atoms. The molecule has 2 N–H and O–H groups in total. The third-order valence-electron chi connectivity index (χ3n) is 3.46. The van der Waals surface area contributed by atoms with Gasteiger partial charge in [-0.25, -0.2) is 0 Å². The lowest BCUT2D eigenvalue weighted by Gasteiger charge is -2.37. The van der Waals surface area contributed by atoms with Gasteiger partial charge in [0.25, 0.3) is 0 Å². The Bertz CT molecular complexity index is 156. The van der Waals surface area contributed by atoms with E-state index in [9.17, 15) is 0 Å². The van der Waals surface area contributed by atoms with Gasteiger partial charge in [0.15, 0.2) is 0 Å². The molecule has 1 saturated heterocycles. The van der Waals surface area contributed by atoms with Crippen LogP contribution in [0, 0.1) is 5.92 Å². The number of nitrogens with zero attached hydrogens (tertiary/aromatic N) is 1. The van der Waals surface area contributed by atoms with E-state index in [2.05, 4.69) is 25.7 Å². The van der Waals surface area contributed by atoms with Gasteiger partial charge >= 0.3 is 0 Å². The normalized spacial score (nSPS) is 28.7. The number of hydrogen-bond donors (Lipinski definition) is 1. The Morgan fingerprint density at radius 1 is 1.43 bits per heavy atom. The molecule has 1 fully saturated rings. The van der Waals surface area contributed by atoms with Gasteiger partial charge in [-0.2, -0.15) is 0 Å². The molecular weight excluding hydrogens is 172 g/mol. The van der Waals surface area contributed by atoms with Gasteiger partial charge < -0.3 is 10.6 Å². The zero-order valence-corrected chi connectivity index (χ0v) is 10.00. The lowest BCUT2D eigenvalue weighted by atomic mass is 9.94. The van der Waals surface area contributed by atoms with Crippen molar-refractivity contribution in [2.24, 2.45) is 11.7 Å². The van der Waals surface area contributed by atoms with Crippen LogP contribution in [0.4, 0.5) is 0 Å². The summed E-state index contributed by atoms with van der Waals surface area (Å²) in [6.45, 7) is 9.32. The second-order valence-electron chi connectivity index (χ2n) is 4.97. The van der Waals surface area contributed by atoms with Gasteiger partial charge in [-0.05, 0) is 45.6 Å². The van der Waals surface area contributed by atoms with Crippen molar-refractivity contribution in [3.8, 4) is 0 Å². The van der Waals surface area contributed by atoms with Crippen molar-refractivity contribution in [2.75, 3.05) is 13.1 Å². The fourth-order valence-electron chi connectivity index (χ4n) is 2.52. The minimum Gasteiger partial charge on any atom is -0.328 e. The Kier molecular flexibility index (Phi) is 4.90. The summed E-state index contributed by atoms with van der Waals surface area (Å²) >= 11 is 0. The van der Waals surface area contributed by atoms with Crippen molar-refractivity contribution in [1.29, 1.82) is 0 Å². The number of rotatable bonds is 4. The van der Waals surface area contributed by atoms with Crippen LogP contribution in [0.2, 0.25) is 0 Å². The van der Waals surface area contributed by atoms with E-state index in [1.54, 1.807) is 0 Å². The third-order valence-corrected chi connectivity index (χ3v) is 3.46. The van der Waals surface area contributed by atoms with Gasteiger partial charge in [0, 0.05) is 18.6 Å². The third kappa shape index (κ3) is 3.58. The molecule has 1 aliphatic heterocycles. The van der Waals surface area contributed by atoms with Crippen molar-refractivity contribution in [3.63, 3.8) is 0 Å². The average Bonchev–Trinajstić information content (AvgIpc) is 2.17. The van der Waals surface area contributed by atoms with E-state index < -0.39 is 0 Å². The molecular formula is C12H26N2. The smallest absolute Gasteiger partial charge is 0.00816 e. The summed E-state index contributed by atoms with van der Waals surface area (Å²) in [4.78, 5) is 2.63. The zero-order valence-electron chi connectivity index (χ0n) is 10.00. The van der Waals surface area contributed by atoms with Crippen LogP contribution in [0.3, 0.4) is 0 Å². The van der Waals surface area contributed by atoms with E-state index in [0.29, 0.717) is 12.1 Å². The summed E-state index contributed by atoms with van der Waals surface area (Å²) in [5.74, 6) is 0.930. The van der Waals surface area contributed by atoms with Crippen LogP contribution >= 0.6 is 0 Å². The Morgan fingerprint density at radius 2 is 2.14 bits per heavy atom. The lowest BCUT2D eigenvalue weighted by molar-refractivity contribution is 0.121. The topological polar surface area (TPSA) is 29.3 Å². The minimum atomic E-state index is 0.340. The van der Waals surface area contributed by atoms with E-state index in [1.165, 1.54) is 32.4 Å². The van der Waals surface area contributed by atoms with Crippen molar-refractivity contribution < 1.29 is 0 Å². The van der Waals surface area contributed by atoms with Gasteiger partial charge in [-0.1, -0.05) is 13.3 Å². The maximum absolute atomic E-state index is 5.84. The van der Waals surface area contributed by atoms with Crippen molar-refractivity contribution in [2.45, 2.75) is 58.5 Å². The largest absolute Gasteiger partial charge is 0.328 e. The van der Waals surface area contributed by atoms with Crippen LogP contribution < -0.4 is 5.73 Å². The zero-order chi connectivity index (χ0) is 10.6. The summed E-state index contributed by atoms with van der Waals surface area (Å²) in [6, 6.07) is 1.01. The molecule has 1 aliphatic rings. The van der Waals surface area contributed by atoms with Crippen molar-refractivity contribution >= 4 is 0 Å².